The summed E-state index contributed by atoms with van der Waals surface area (Å²) >= 11 is 0. The molecule has 0 spiro atoms. The summed E-state index contributed by atoms with van der Waals surface area (Å²) in [5.74, 6) is 0.689. The summed E-state index contributed by atoms with van der Waals surface area (Å²) in [6.07, 6.45) is 4.61. The Hall–Kier alpha value is -3.57. The Morgan fingerprint density at radius 2 is 1.54 bits per heavy atom. The molecule has 178 valence electrons. The lowest BCUT2D eigenvalue weighted by molar-refractivity contribution is 0.0952. The number of hydrogen-bond donors (Lipinski definition) is 1. The van der Waals surface area contributed by atoms with Crippen molar-refractivity contribution in [2.24, 2.45) is 5.92 Å². The molecule has 5 heteroatoms. The highest BCUT2D eigenvalue weighted by molar-refractivity contribution is 6.10. The van der Waals surface area contributed by atoms with E-state index in [2.05, 4.69) is 50.7 Å². The second kappa shape index (κ2) is 11.2. The molecule has 1 fully saturated rings. The van der Waals surface area contributed by atoms with Gasteiger partial charge in [-0.2, -0.15) is 0 Å². The number of piperidine rings is 1. The van der Waals surface area contributed by atoms with E-state index in [0.29, 0.717) is 17.8 Å². The van der Waals surface area contributed by atoms with Gasteiger partial charge in [0.25, 0.3) is 5.91 Å². The molecule has 4 aromatic rings. The monoisotopic (exact) mass is 464 g/mol. The van der Waals surface area contributed by atoms with E-state index in [9.17, 15) is 4.79 Å². The number of hydrogen-bond acceptors (Lipinski definition) is 4. The van der Waals surface area contributed by atoms with Crippen molar-refractivity contribution in [2.45, 2.75) is 25.7 Å². The zero-order chi connectivity index (χ0) is 23.9. The van der Waals surface area contributed by atoms with Gasteiger partial charge in [0.1, 0.15) is 5.69 Å². The summed E-state index contributed by atoms with van der Waals surface area (Å²) in [5, 5.41) is 12.8. The van der Waals surface area contributed by atoms with Gasteiger partial charge < -0.3 is 10.2 Å². The van der Waals surface area contributed by atoms with E-state index in [0.717, 1.165) is 48.4 Å². The van der Waals surface area contributed by atoms with E-state index in [1.165, 1.54) is 24.8 Å². The first-order valence-corrected chi connectivity index (χ1v) is 12.6. The Kier molecular flexibility index (Phi) is 7.44. The first-order chi connectivity index (χ1) is 17.3. The predicted molar refractivity (Wildman–Crippen MR) is 141 cm³/mol. The van der Waals surface area contributed by atoms with Crippen LogP contribution in [0.4, 0.5) is 0 Å². The molecule has 2 heterocycles. The topological polar surface area (TPSA) is 58.1 Å². The van der Waals surface area contributed by atoms with Gasteiger partial charge in [0.2, 0.25) is 0 Å². The standard InChI is InChI=1S/C30H32N4O/c35-30(28-26-14-7-8-15-27(26)32-33-29(28)25-12-5-2-6-13-25)31-18-9-19-34-20-16-24(17-21-34)22-23-10-3-1-4-11-23/h1-8,10-15,24H,9,16-22H2,(H,31,35). The molecule has 1 aliphatic rings. The lowest BCUT2D eigenvalue weighted by atomic mass is 9.90. The highest BCUT2D eigenvalue weighted by atomic mass is 16.1. The van der Waals surface area contributed by atoms with E-state index in [1.54, 1.807) is 0 Å². The summed E-state index contributed by atoms with van der Waals surface area (Å²) < 4.78 is 0. The second-order valence-electron chi connectivity index (χ2n) is 9.39. The number of fused-ring (bicyclic) bond motifs is 1. The number of nitrogens with zero attached hydrogens (tertiary/aromatic N) is 3. The van der Waals surface area contributed by atoms with Crippen molar-refractivity contribution in [1.82, 2.24) is 20.4 Å². The lowest BCUT2D eigenvalue weighted by Gasteiger charge is -2.32. The minimum Gasteiger partial charge on any atom is -0.352 e. The Bertz CT molecular complexity index is 1250. The van der Waals surface area contributed by atoms with Gasteiger partial charge >= 0.3 is 0 Å². The van der Waals surface area contributed by atoms with Gasteiger partial charge in [-0.1, -0.05) is 78.9 Å². The van der Waals surface area contributed by atoms with Crippen molar-refractivity contribution in [3.63, 3.8) is 0 Å². The van der Waals surface area contributed by atoms with Crippen LogP contribution in [-0.4, -0.2) is 47.2 Å². The van der Waals surface area contributed by atoms with Gasteiger partial charge in [0.15, 0.2) is 0 Å². The van der Waals surface area contributed by atoms with Crippen LogP contribution in [0, 0.1) is 5.92 Å². The van der Waals surface area contributed by atoms with Gasteiger partial charge in [0, 0.05) is 17.5 Å². The third-order valence-electron chi connectivity index (χ3n) is 6.95. The van der Waals surface area contributed by atoms with Crippen molar-refractivity contribution in [2.75, 3.05) is 26.2 Å². The van der Waals surface area contributed by atoms with Crippen LogP contribution in [0.15, 0.2) is 84.9 Å². The third kappa shape index (κ3) is 5.75. The van der Waals surface area contributed by atoms with Crippen molar-refractivity contribution < 1.29 is 4.79 Å². The minimum atomic E-state index is -0.0866. The largest absolute Gasteiger partial charge is 0.352 e. The molecule has 0 radical (unpaired) electrons. The van der Waals surface area contributed by atoms with Crippen LogP contribution in [0.3, 0.4) is 0 Å². The van der Waals surface area contributed by atoms with Crippen LogP contribution < -0.4 is 5.32 Å². The zero-order valence-corrected chi connectivity index (χ0v) is 20.1. The fourth-order valence-corrected chi connectivity index (χ4v) is 5.04. The number of carbonyl (C=O) groups excluding carboxylic acids is 1. The van der Waals surface area contributed by atoms with Crippen LogP contribution >= 0.6 is 0 Å². The van der Waals surface area contributed by atoms with Gasteiger partial charge in [-0.15, -0.1) is 10.2 Å². The van der Waals surface area contributed by atoms with E-state index in [1.807, 2.05) is 54.6 Å². The predicted octanol–water partition coefficient (Wildman–Crippen LogP) is 5.37. The molecule has 5 nitrogen and oxygen atoms in total. The van der Waals surface area contributed by atoms with Crippen LogP contribution in [0.2, 0.25) is 0 Å². The molecule has 1 N–H and O–H groups in total. The number of aromatic nitrogens is 2. The first kappa shape index (κ1) is 23.2. The van der Waals surface area contributed by atoms with Gasteiger partial charge in [0.05, 0.1) is 11.1 Å². The second-order valence-corrected chi connectivity index (χ2v) is 9.39. The summed E-state index contributed by atoms with van der Waals surface area (Å²) in [5.41, 5.74) is 4.30. The fraction of sp³-hybridized carbons (Fsp3) is 0.300. The third-order valence-corrected chi connectivity index (χ3v) is 6.95. The SMILES string of the molecule is O=C(NCCCN1CCC(Cc2ccccc2)CC1)c1c(-c2ccccc2)nnc2ccccc12. The van der Waals surface area contributed by atoms with Crippen molar-refractivity contribution in [3.8, 4) is 11.3 Å². The number of amides is 1. The van der Waals surface area contributed by atoms with Gasteiger partial charge in [-0.25, -0.2) is 0 Å². The lowest BCUT2D eigenvalue weighted by Crippen LogP contribution is -2.36. The number of likely N-dealkylation sites (tertiary alicyclic amines) is 1. The molecule has 5 rings (SSSR count). The van der Waals surface area contributed by atoms with E-state index >= 15 is 0 Å². The molecular formula is C30H32N4O. The quantitative estimate of drug-likeness (QED) is 0.356. The minimum absolute atomic E-state index is 0.0866. The average molecular weight is 465 g/mol. The maximum atomic E-state index is 13.3. The van der Waals surface area contributed by atoms with Crippen LogP contribution in [0.5, 0.6) is 0 Å². The molecule has 1 amide bonds. The molecule has 0 unspecified atom stereocenters. The van der Waals surface area contributed by atoms with Gasteiger partial charge in [-0.05, 0) is 62.9 Å². The fourth-order valence-electron chi connectivity index (χ4n) is 5.04. The number of rotatable bonds is 8. The molecule has 1 saturated heterocycles. The molecule has 0 atom stereocenters. The smallest absolute Gasteiger partial charge is 0.254 e. The Morgan fingerprint density at radius 1 is 0.857 bits per heavy atom. The van der Waals surface area contributed by atoms with Crippen LogP contribution in [0.1, 0.15) is 35.2 Å². The Morgan fingerprint density at radius 3 is 2.31 bits per heavy atom. The maximum absolute atomic E-state index is 13.3. The summed E-state index contributed by atoms with van der Waals surface area (Å²) in [6, 6.07) is 28.3. The molecule has 35 heavy (non-hydrogen) atoms. The summed E-state index contributed by atoms with van der Waals surface area (Å²) in [7, 11) is 0. The number of carbonyl (C=O) groups is 1. The number of nitrogens with one attached hydrogen (secondary N) is 1. The Balaban J connectivity index is 1.16. The number of benzene rings is 3. The van der Waals surface area contributed by atoms with Crippen molar-refractivity contribution >= 4 is 16.8 Å². The highest BCUT2D eigenvalue weighted by Gasteiger charge is 2.21. The average Bonchev–Trinajstić information content (AvgIpc) is 2.92. The van der Waals surface area contributed by atoms with E-state index < -0.39 is 0 Å². The molecule has 1 aliphatic heterocycles. The molecule has 1 aromatic heterocycles. The Labute approximate surface area is 207 Å². The van der Waals surface area contributed by atoms with Crippen molar-refractivity contribution in [1.29, 1.82) is 0 Å². The normalized spacial score (nSPS) is 14.7. The zero-order valence-electron chi connectivity index (χ0n) is 20.1. The van der Waals surface area contributed by atoms with E-state index in [4.69, 9.17) is 0 Å². The molecule has 0 saturated carbocycles. The molecule has 3 aromatic carbocycles. The first-order valence-electron chi connectivity index (χ1n) is 12.6. The van der Waals surface area contributed by atoms with Crippen molar-refractivity contribution in [3.05, 3.63) is 96.1 Å². The summed E-state index contributed by atoms with van der Waals surface area (Å²) in [4.78, 5) is 15.9. The molecule has 0 bridgehead atoms. The molecule has 0 aliphatic carbocycles. The maximum Gasteiger partial charge on any atom is 0.254 e. The van der Waals surface area contributed by atoms with Gasteiger partial charge in [-0.3, -0.25) is 4.79 Å². The van der Waals surface area contributed by atoms with Crippen LogP contribution in [-0.2, 0) is 6.42 Å². The van der Waals surface area contributed by atoms with Crippen LogP contribution in [0.25, 0.3) is 22.2 Å². The highest BCUT2D eigenvalue weighted by Crippen LogP contribution is 2.27. The summed E-state index contributed by atoms with van der Waals surface area (Å²) in [6.45, 7) is 3.94. The van der Waals surface area contributed by atoms with E-state index in [-0.39, 0.29) is 5.91 Å². The molecular weight excluding hydrogens is 432 g/mol.